The summed E-state index contributed by atoms with van der Waals surface area (Å²) in [6.07, 6.45) is -0.604. The Labute approximate surface area is 80.8 Å². The van der Waals surface area contributed by atoms with Gasteiger partial charge in [0.1, 0.15) is 6.54 Å². The molecule has 0 radical (unpaired) electrons. The highest BCUT2D eigenvalue weighted by Crippen LogP contribution is 2.20. The van der Waals surface area contributed by atoms with Gasteiger partial charge >= 0.3 is 6.18 Å². The molecule has 1 aromatic rings. The molecule has 5 heteroatoms. The molecule has 1 rings (SSSR count). The normalized spacial score (nSPS) is 14.4. The van der Waals surface area contributed by atoms with E-state index in [0.717, 1.165) is 16.7 Å². The Bertz CT molecular complexity index is 290. The van der Waals surface area contributed by atoms with Gasteiger partial charge in [0.05, 0.1) is 12.0 Å². The molecule has 0 amide bonds. The molecule has 0 N–H and O–H groups in total. The van der Waals surface area contributed by atoms with Crippen molar-refractivity contribution < 1.29 is 13.2 Å². The van der Waals surface area contributed by atoms with Crippen molar-refractivity contribution in [3.8, 4) is 0 Å². The van der Waals surface area contributed by atoms with Gasteiger partial charge in [-0.1, -0.05) is 13.8 Å². The Morgan fingerprint density at radius 3 is 2.64 bits per heavy atom. The van der Waals surface area contributed by atoms with Crippen LogP contribution in [0.15, 0.2) is 12.5 Å². The van der Waals surface area contributed by atoms with Crippen molar-refractivity contribution in [2.24, 2.45) is 0 Å². The fraction of sp³-hybridized carbons (Fsp3) is 0.667. The van der Waals surface area contributed by atoms with Crippen molar-refractivity contribution in [3.63, 3.8) is 0 Å². The SMILES string of the molecule is CCC(C)c1cn(CC(F)(F)F)cn1. The van der Waals surface area contributed by atoms with Gasteiger partial charge in [0.15, 0.2) is 0 Å². The third kappa shape index (κ3) is 3.05. The molecule has 0 saturated heterocycles. The van der Waals surface area contributed by atoms with E-state index in [0.29, 0.717) is 0 Å². The van der Waals surface area contributed by atoms with Gasteiger partial charge in [-0.25, -0.2) is 4.98 Å². The largest absolute Gasteiger partial charge is 0.406 e. The predicted octanol–water partition coefficient (Wildman–Crippen LogP) is 2.96. The van der Waals surface area contributed by atoms with Crippen LogP contribution in [0, 0.1) is 0 Å². The van der Waals surface area contributed by atoms with Crippen molar-refractivity contribution >= 4 is 0 Å². The first-order chi connectivity index (χ1) is 6.42. The molecule has 0 aromatic carbocycles. The minimum atomic E-state index is -4.17. The first-order valence-electron chi connectivity index (χ1n) is 4.50. The standard InChI is InChI=1S/C9H13F3N2/c1-3-7(2)8-4-14(6-13-8)5-9(10,11)12/h4,6-7H,3,5H2,1-2H3. The quantitative estimate of drug-likeness (QED) is 0.743. The lowest BCUT2D eigenvalue weighted by Crippen LogP contribution is -2.16. The van der Waals surface area contributed by atoms with E-state index in [2.05, 4.69) is 4.98 Å². The molecule has 0 spiro atoms. The van der Waals surface area contributed by atoms with E-state index in [1.165, 1.54) is 12.5 Å². The van der Waals surface area contributed by atoms with E-state index in [1.807, 2.05) is 13.8 Å². The number of imidazole rings is 1. The van der Waals surface area contributed by atoms with Gasteiger partial charge < -0.3 is 4.57 Å². The molecule has 0 aliphatic carbocycles. The lowest BCUT2D eigenvalue weighted by atomic mass is 10.1. The highest BCUT2D eigenvalue weighted by atomic mass is 19.4. The molecule has 0 bridgehead atoms. The maximum absolute atomic E-state index is 12.0. The summed E-state index contributed by atoms with van der Waals surface area (Å²) in [6.45, 7) is 2.96. The molecule has 1 heterocycles. The van der Waals surface area contributed by atoms with E-state index in [9.17, 15) is 13.2 Å². The average molecular weight is 206 g/mol. The van der Waals surface area contributed by atoms with Crippen LogP contribution in [0.3, 0.4) is 0 Å². The summed E-state index contributed by atoms with van der Waals surface area (Å²) in [5, 5.41) is 0. The van der Waals surface area contributed by atoms with Gasteiger partial charge in [-0.2, -0.15) is 13.2 Å². The summed E-state index contributed by atoms with van der Waals surface area (Å²) in [5.41, 5.74) is 0.719. The molecule has 1 aromatic heterocycles. The van der Waals surface area contributed by atoms with Crippen LogP contribution in [0.5, 0.6) is 0 Å². The second-order valence-electron chi connectivity index (χ2n) is 3.40. The number of aromatic nitrogens is 2. The minimum Gasteiger partial charge on any atom is -0.328 e. The number of alkyl halides is 3. The van der Waals surface area contributed by atoms with Gasteiger partial charge in [0.25, 0.3) is 0 Å². The van der Waals surface area contributed by atoms with Crippen molar-refractivity contribution in [3.05, 3.63) is 18.2 Å². The molecule has 0 saturated carbocycles. The topological polar surface area (TPSA) is 17.8 Å². The summed E-state index contributed by atoms with van der Waals surface area (Å²) in [7, 11) is 0. The van der Waals surface area contributed by atoms with Crippen LogP contribution >= 0.6 is 0 Å². The molecule has 2 nitrogen and oxygen atoms in total. The third-order valence-corrected chi connectivity index (χ3v) is 2.13. The van der Waals surface area contributed by atoms with E-state index < -0.39 is 12.7 Å². The van der Waals surface area contributed by atoms with Gasteiger partial charge in [-0.05, 0) is 12.3 Å². The smallest absolute Gasteiger partial charge is 0.328 e. The van der Waals surface area contributed by atoms with Crippen molar-refractivity contribution in [2.45, 2.75) is 38.9 Å². The van der Waals surface area contributed by atoms with Gasteiger partial charge in [0.2, 0.25) is 0 Å². The molecule has 0 fully saturated rings. The molecular formula is C9H13F3N2. The highest BCUT2D eigenvalue weighted by molar-refractivity contribution is 5.03. The number of hydrogen-bond donors (Lipinski definition) is 0. The third-order valence-electron chi connectivity index (χ3n) is 2.13. The number of nitrogens with zero attached hydrogens (tertiary/aromatic N) is 2. The Kier molecular flexibility index (Phi) is 3.18. The molecule has 1 unspecified atom stereocenters. The van der Waals surface area contributed by atoms with Crippen LogP contribution in [-0.2, 0) is 6.54 Å². The monoisotopic (exact) mass is 206 g/mol. The van der Waals surface area contributed by atoms with Gasteiger partial charge in [0, 0.05) is 6.20 Å². The first kappa shape index (κ1) is 11.1. The summed E-state index contributed by atoms with van der Waals surface area (Å²) in [4.78, 5) is 3.93. The number of rotatable bonds is 3. The molecule has 14 heavy (non-hydrogen) atoms. The highest BCUT2D eigenvalue weighted by Gasteiger charge is 2.27. The van der Waals surface area contributed by atoms with E-state index in [4.69, 9.17) is 0 Å². The van der Waals surface area contributed by atoms with Crippen LogP contribution < -0.4 is 0 Å². The minimum absolute atomic E-state index is 0.212. The van der Waals surface area contributed by atoms with Crippen LogP contribution in [0.4, 0.5) is 13.2 Å². The van der Waals surface area contributed by atoms with Crippen molar-refractivity contribution in [1.82, 2.24) is 9.55 Å². The van der Waals surface area contributed by atoms with E-state index in [1.54, 1.807) is 0 Å². The lowest BCUT2D eigenvalue weighted by Gasteiger charge is -2.06. The maximum Gasteiger partial charge on any atom is 0.406 e. The number of hydrogen-bond acceptors (Lipinski definition) is 1. The summed E-state index contributed by atoms with van der Waals surface area (Å²) >= 11 is 0. The zero-order chi connectivity index (χ0) is 10.8. The Balaban J connectivity index is 2.69. The Hall–Kier alpha value is -1.00. The Morgan fingerprint density at radius 2 is 2.14 bits per heavy atom. The molecule has 1 atom stereocenters. The van der Waals surface area contributed by atoms with E-state index >= 15 is 0 Å². The lowest BCUT2D eigenvalue weighted by molar-refractivity contribution is -0.140. The zero-order valence-electron chi connectivity index (χ0n) is 8.17. The van der Waals surface area contributed by atoms with Crippen LogP contribution in [0.1, 0.15) is 31.9 Å². The second kappa shape index (κ2) is 4.02. The Morgan fingerprint density at radius 1 is 1.50 bits per heavy atom. The van der Waals surface area contributed by atoms with E-state index in [-0.39, 0.29) is 5.92 Å². The number of halogens is 3. The first-order valence-corrected chi connectivity index (χ1v) is 4.50. The average Bonchev–Trinajstić information content (AvgIpc) is 2.48. The second-order valence-corrected chi connectivity index (χ2v) is 3.40. The van der Waals surface area contributed by atoms with Gasteiger partial charge in [-0.3, -0.25) is 0 Å². The molecule has 0 aliphatic heterocycles. The summed E-state index contributed by atoms with van der Waals surface area (Å²) in [5.74, 6) is 0.212. The van der Waals surface area contributed by atoms with Crippen molar-refractivity contribution in [2.75, 3.05) is 0 Å². The summed E-state index contributed by atoms with van der Waals surface area (Å²) in [6, 6.07) is 0. The van der Waals surface area contributed by atoms with Crippen LogP contribution in [0.25, 0.3) is 0 Å². The fourth-order valence-corrected chi connectivity index (χ4v) is 1.13. The maximum atomic E-state index is 12.0. The predicted molar refractivity (Wildman–Crippen MR) is 47.0 cm³/mol. The van der Waals surface area contributed by atoms with Crippen LogP contribution in [0.2, 0.25) is 0 Å². The van der Waals surface area contributed by atoms with Crippen molar-refractivity contribution in [1.29, 1.82) is 0 Å². The van der Waals surface area contributed by atoms with Crippen LogP contribution in [-0.4, -0.2) is 15.7 Å². The van der Waals surface area contributed by atoms with Gasteiger partial charge in [-0.15, -0.1) is 0 Å². The molecular weight excluding hydrogens is 193 g/mol. The fourth-order valence-electron chi connectivity index (χ4n) is 1.13. The molecule has 0 aliphatic rings. The molecule has 80 valence electrons. The summed E-state index contributed by atoms with van der Waals surface area (Å²) < 4.78 is 37.0. The zero-order valence-corrected chi connectivity index (χ0v) is 8.17.